The van der Waals surface area contributed by atoms with Gasteiger partial charge in [0.25, 0.3) is 0 Å². The van der Waals surface area contributed by atoms with Crippen molar-refractivity contribution >= 4 is 5.91 Å². The molecule has 1 aliphatic heterocycles. The van der Waals surface area contributed by atoms with E-state index in [0.29, 0.717) is 13.1 Å². The van der Waals surface area contributed by atoms with Crippen LogP contribution in [0.1, 0.15) is 71.2 Å². The maximum atomic E-state index is 11.6. The van der Waals surface area contributed by atoms with Crippen molar-refractivity contribution < 1.29 is 4.79 Å². The minimum absolute atomic E-state index is 0.0418. The second kappa shape index (κ2) is 4.54. The molecule has 0 N–H and O–H groups in total. The van der Waals surface area contributed by atoms with Crippen molar-refractivity contribution in [1.82, 2.24) is 14.9 Å². The van der Waals surface area contributed by atoms with E-state index in [1.807, 2.05) is 4.90 Å². The molecule has 0 radical (unpaired) electrons. The van der Waals surface area contributed by atoms with Crippen LogP contribution in [-0.4, -0.2) is 20.8 Å². The lowest BCUT2D eigenvalue weighted by Gasteiger charge is -2.25. The van der Waals surface area contributed by atoms with E-state index in [1.54, 1.807) is 6.92 Å². The summed E-state index contributed by atoms with van der Waals surface area (Å²) in [7, 11) is 0. The minimum Gasteiger partial charge on any atom is -0.333 e. The fraction of sp³-hybridized carbons (Fsp3) is 0.688. The van der Waals surface area contributed by atoms with Crippen molar-refractivity contribution in [3.05, 3.63) is 22.8 Å². The molecule has 0 bridgehead atoms. The number of rotatable bonds is 0. The van der Waals surface area contributed by atoms with Gasteiger partial charge in [-0.1, -0.05) is 41.5 Å². The fourth-order valence-electron chi connectivity index (χ4n) is 2.43. The number of carbonyl (C=O) groups excluding carboxylic acids is 1. The van der Waals surface area contributed by atoms with Crippen molar-refractivity contribution in [3.8, 4) is 0 Å². The van der Waals surface area contributed by atoms with Gasteiger partial charge in [-0.05, 0) is 0 Å². The maximum Gasteiger partial charge on any atom is 0.220 e. The maximum absolute atomic E-state index is 11.6. The van der Waals surface area contributed by atoms with Crippen molar-refractivity contribution in [2.45, 2.75) is 72.4 Å². The van der Waals surface area contributed by atoms with E-state index >= 15 is 0 Å². The van der Waals surface area contributed by atoms with Gasteiger partial charge in [0.1, 0.15) is 5.82 Å². The molecular weight excluding hydrogens is 250 g/mol. The van der Waals surface area contributed by atoms with Gasteiger partial charge in [0.05, 0.1) is 17.9 Å². The van der Waals surface area contributed by atoms with Crippen LogP contribution in [0.3, 0.4) is 0 Å². The molecular formula is C16H25N3O. The largest absolute Gasteiger partial charge is 0.333 e. The van der Waals surface area contributed by atoms with Crippen LogP contribution in [-0.2, 0) is 28.7 Å². The predicted octanol–water partition coefficient (Wildman–Crippen LogP) is 2.93. The molecule has 2 rings (SSSR count). The Hall–Kier alpha value is -1.45. The molecule has 0 aromatic carbocycles. The molecule has 0 aliphatic carbocycles. The molecule has 1 aromatic rings. The molecule has 4 nitrogen and oxygen atoms in total. The molecule has 0 fully saturated rings. The third-order valence-electron chi connectivity index (χ3n) is 3.61. The molecule has 1 amide bonds. The summed E-state index contributed by atoms with van der Waals surface area (Å²) in [5, 5.41) is 0. The van der Waals surface area contributed by atoms with Crippen LogP contribution in [0.5, 0.6) is 0 Å². The van der Waals surface area contributed by atoms with Crippen LogP contribution in [0, 0.1) is 0 Å². The van der Waals surface area contributed by atoms with Crippen molar-refractivity contribution in [3.63, 3.8) is 0 Å². The van der Waals surface area contributed by atoms with Crippen molar-refractivity contribution in [2.75, 3.05) is 0 Å². The molecule has 4 heteroatoms. The molecule has 1 aromatic heterocycles. The lowest BCUT2D eigenvalue weighted by Crippen LogP contribution is -2.24. The van der Waals surface area contributed by atoms with Crippen LogP contribution >= 0.6 is 0 Å². The number of fused-ring (bicyclic) bond motifs is 1. The van der Waals surface area contributed by atoms with Crippen LogP contribution < -0.4 is 0 Å². The van der Waals surface area contributed by atoms with E-state index in [0.717, 1.165) is 22.8 Å². The second-order valence-electron chi connectivity index (χ2n) is 7.70. The van der Waals surface area contributed by atoms with Gasteiger partial charge in [-0.3, -0.25) is 4.79 Å². The lowest BCUT2D eigenvalue weighted by molar-refractivity contribution is -0.129. The highest BCUT2D eigenvalue weighted by Gasteiger charge is 2.33. The fourth-order valence-corrected chi connectivity index (χ4v) is 2.43. The standard InChI is InChI=1S/C16H25N3O/c1-10(20)19-8-11-12(9-19)17-14(16(5,6)7)18-13(11)15(2,3)4/h8-9H2,1-7H3. The highest BCUT2D eigenvalue weighted by molar-refractivity contribution is 5.74. The van der Waals surface area contributed by atoms with Gasteiger partial charge in [-0.2, -0.15) is 0 Å². The number of aromatic nitrogens is 2. The average Bonchev–Trinajstić information content (AvgIpc) is 2.68. The van der Waals surface area contributed by atoms with Gasteiger partial charge in [0.2, 0.25) is 5.91 Å². The molecule has 0 saturated carbocycles. The Labute approximate surface area is 121 Å². The number of hydrogen-bond donors (Lipinski definition) is 0. The van der Waals surface area contributed by atoms with E-state index < -0.39 is 0 Å². The normalized spacial score (nSPS) is 15.4. The molecule has 20 heavy (non-hydrogen) atoms. The zero-order chi connectivity index (χ0) is 15.3. The first-order valence-electron chi connectivity index (χ1n) is 7.16. The summed E-state index contributed by atoms with van der Waals surface area (Å²) in [5.74, 6) is 0.965. The number of amides is 1. The number of hydrogen-bond acceptors (Lipinski definition) is 3. The van der Waals surface area contributed by atoms with E-state index in [-0.39, 0.29) is 16.7 Å². The molecule has 0 atom stereocenters. The van der Waals surface area contributed by atoms with Gasteiger partial charge in [-0.25, -0.2) is 9.97 Å². The highest BCUT2D eigenvalue weighted by Crippen LogP contribution is 2.33. The minimum atomic E-state index is -0.0846. The zero-order valence-corrected chi connectivity index (χ0v) is 13.7. The molecule has 2 heterocycles. The van der Waals surface area contributed by atoms with Gasteiger partial charge in [0, 0.05) is 29.9 Å². The summed E-state index contributed by atoms with van der Waals surface area (Å²) in [6.07, 6.45) is 0. The van der Waals surface area contributed by atoms with Gasteiger partial charge >= 0.3 is 0 Å². The monoisotopic (exact) mass is 275 g/mol. The van der Waals surface area contributed by atoms with E-state index in [4.69, 9.17) is 9.97 Å². The first kappa shape index (κ1) is 14.9. The Bertz CT molecular complexity index is 550. The summed E-state index contributed by atoms with van der Waals surface area (Å²) in [6.45, 7) is 15.7. The molecule has 110 valence electrons. The Kier molecular flexibility index (Phi) is 3.39. The highest BCUT2D eigenvalue weighted by atomic mass is 16.2. The van der Waals surface area contributed by atoms with Crippen LogP contribution in [0.4, 0.5) is 0 Å². The summed E-state index contributed by atoms with van der Waals surface area (Å²) >= 11 is 0. The van der Waals surface area contributed by atoms with E-state index in [9.17, 15) is 4.79 Å². The summed E-state index contributed by atoms with van der Waals surface area (Å²) in [6, 6.07) is 0. The van der Waals surface area contributed by atoms with Crippen molar-refractivity contribution in [2.24, 2.45) is 0 Å². The van der Waals surface area contributed by atoms with E-state index in [1.165, 1.54) is 0 Å². The average molecular weight is 275 g/mol. The first-order valence-corrected chi connectivity index (χ1v) is 7.16. The summed E-state index contributed by atoms with van der Waals surface area (Å²) in [4.78, 5) is 23.0. The van der Waals surface area contributed by atoms with Gasteiger partial charge in [-0.15, -0.1) is 0 Å². The second-order valence-corrected chi connectivity index (χ2v) is 7.70. The smallest absolute Gasteiger partial charge is 0.220 e. The predicted molar refractivity (Wildman–Crippen MR) is 79.4 cm³/mol. The Morgan fingerprint density at radius 2 is 1.60 bits per heavy atom. The summed E-state index contributed by atoms with van der Waals surface area (Å²) < 4.78 is 0. The molecule has 1 aliphatic rings. The third-order valence-corrected chi connectivity index (χ3v) is 3.61. The van der Waals surface area contributed by atoms with Crippen LogP contribution in [0.25, 0.3) is 0 Å². The Balaban J connectivity index is 2.59. The Morgan fingerprint density at radius 1 is 1.00 bits per heavy atom. The molecule has 0 spiro atoms. The SMILES string of the molecule is CC(=O)N1Cc2nc(C(C)(C)C)nc(C(C)(C)C)c2C1. The quantitative estimate of drug-likeness (QED) is 0.731. The van der Waals surface area contributed by atoms with Gasteiger partial charge in [0.15, 0.2) is 0 Å². The molecule has 0 unspecified atom stereocenters. The number of nitrogens with zero attached hydrogens (tertiary/aromatic N) is 3. The zero-order valence-electron chi connectivity index (χ0n) is 13.7. The Morgan fingerprint density at radius 3 is 2.05 bits per heavy atom. The van der Waals surface area contributed by atoms with Gasteiger partial charge < -0.3 is 4.90 Å². The first-order chi connectivity index (χ1) is 9.00. The summed E-state index contributed by atoms with van der Waals surface area (Å²) in [5.41, 5.74) is 3.11. The number of carbonyl (C=O) groups is 1. The lowest BCUT2D eigenvalue weighted by atomic mass is 9.87. The topological polar surface area (TPSA) is 46.1 Å². The third kappa shape index (κ3) is 2.69. The van der Waals surface area contributed by atoms with Crippen LogP contribution in [0.15, 0.2) is 0 Å². The molecule has 0 saturated heterocycles. The van der Waals surface area contributed by atoms with Crippen LogP contribution in [0.2, 0.25) is 0 Å². The van der Waals surface area contributed by atoms with Crippen molar-refractivity contribution in [1.29, 1.82) is 0 Å². The van der Waals surface area contributed by atoms with E-state index in [2.05, 4.69) is 41.5 Å².